The van der Waals surface area contributed by atoms with Gasteiger partial charge in [0.05, 0.1) is 11.4 Å². The molecule has 2 aliphatic heterocycles. The minimum atomic E-state index is -3.91. The van der Waals surface area contributed by atoms with Crippen molar-refractivity contribution >= 4 is 51.1 Å². The monoisotopic (exact) mass is 603 g/mol. The molecule has 1 aromatic rings. The number of rotatable bonds is 9. The number of hydrogen-bond acceptors (Lipinski definition) is 9. The van der Waals surface area contributed by atoms with Gasteiger partial charge in [-0.05, 0) is 57.9 Å². The second-order valence-corrected chi connectivity index (χ2v) is 12.8. The van der Waals surface area contributed by atoms with Gasteiger partial charge in [0.2, 0.25) is 10.0 Å². The SMILES string of the molecule is C=CCOC(=O)C(CC(=O)OC(C)(C)C)NC(=O)C1=CC2(CCN(S(=O)(=O)c3cc(Cl)ccc3Cl)CC2)ON1. The number of hydrogen-bond donors (Lipinski definition) is 2. The van der Waals surface area contributed by atoms with Crippen molar-refractivity contribution in [2.45, 2.75) is 62.2 Å². The Morgan fingerprint density at radius 1 is 1.26 bits per heavy atom. The second kappa shape index (κ2) is 12.3. The first-order chi connectivity index (χ1) is 18.2. The van der Waals surface area contributed by atoms with E-state index in [4.69, 9.17) is 37.5 Å². The summed E-state index contributed by atoms with van der Waals surface area (Å²) in [7, 11) is -3.91. The van der Waals surface area contributed by atoms with Crippen LogP contribution in [0, 0.1) is 0 Å². The Hall–Kier alpha value is -2.64. The minimum Gasteiger partial charge on any atom is -0.460 e. The third-order valence-corrected chi connectivity index (χ3v) is 8.44. The number of nitrogens with one attached hydrogen (secondary N) is 2. The van der Waals surface area contributed by atoms with Crippen molar-refractivity contribution in [1.29, 1.82) is 0 Å². The smallest absolute Gasteiger partial charge is 0.329 e. The van der Waals surface area contributed by atoms with Crippen molar-refractivity contribution in [2.75, 3.05) is 19.7 Å². The van der Waals surface area contributed by atoms with Crippen LogP contribution in [0.25, 0.3) is 0 Å². The number of halogens is 2. The fourth-order valence-electron chi connectivity index (χ4n) is 3.98. The van der Waals surface area contributed by atoms with Crippen LogP contribution < -0.4 is 10.8 Å². The molecule has 11 nitrogen and oxygen atoms in total. The van der Waals surface area contributed by atoms with Crippen LogP contribution in [0.4, 0.5) is 0 Å². The number of carbonyl (C=O) groups excluding carboxylic acids is 3. The maximum absolute atomic E-state index is 13.1. The summed E-state index contributed by atoms with van der Waals surface area (Å²) in [4.78, 5) is 43.4. The van der Waals surface area contributed by atoms with Gasteiger partial charge in [-0.15, -0.1) is 0 Å². The van der Waals surface area contributed by atoms with Gasteiger partial charge in [-0.25, -0.2) is 13.2 Å². The number of ether oxygens (including phenoxy) is 2. The lowest BCUT2D eigenvalue weighted by molar-refractivity contribution is -0.159. The largest absolute Gasteiger partial charge is 0.460 e. The van der Waals surface area contributed by atoms with Crippen molar-refractivity contribution in [1.82, 2.24) is 15.1 Å². The molecule has 1 aromatic carbocycles. The maximum atomic E-state index is 13.1. The Labute approximate surface area is 237 Å². The molecule has 0 radical (unpaired) electrons. The molecule has 0 saturated carbocycles. The summed E-state index contributed by atoms with van der Waals surface area (Å²) >= 11 is 12.1. The van der Waals surface area contributed by atoms with Crippen molar-refractivity contribution in [2.24, 2.45) is 0 Å². The number of piperidine rings is 1. The van der Waals surface area contributed by atoms with Gasteiger partial charge in [0.1, 0.15) is 34.4 Å². The summed E-state index contributed by atoms with van der Waals surface area (Å²) in [6, 6.07) is 2.90. The maximum Gasteiger partial charge on any atom is 0.329 e. The highest BCUT2D eigenvalue weighted by molar-refractivity contribution is 7.89. The number of sulfonamides is 1. The van der Waals surface area contributed by atoms with Crippen LogP contribution in [0.1, 0.15) is 40.0 Å². The highest BCUT2D eigenvalue weighted by atomic mass is 35.5. The van der Waals surface area contributed by atoms with Gasteiger partial charge in [0.15, 0.2) is 0 Å². The van der Waals surface area contributed by atoms with E-state index in [-0.39, 0.29) is 53.2 Å². The topological polar surface area (TPSA) is 140 Å². The molecular weight excluding hydrogens is 573 g/mol. The predicted molar refractivity (Wildman–Crippen MR) is 143 cm³/mol. The molecule has 1 saturated heterocycles. The molecule has 1 amide bonds. The Morgan fingerprint density at radius 2 is 1.92 bits per heavy atom. The van der Waals surface area contributed by atoms with Gasteiger partial charge in [0, 0.05) is 18.1 Å². The summed E-state index contributed by atoms with van der Waals surface area (Å²) < 4.78 is 37.8. The molecule has 39 heavy (non-hydrogen) atoms. The Morgan fingerprint density at radius 3 is 2.54 bits per heavy atom. The zero-order valence-electron chi connectivity index (χ0n) is 21.8. The second-order valence-electron chi connectivity index (χ2n) is 10.0. The zero-order valence-corrected chi connectivity index (χ0v) is 24.1. The summed E-state index contributed by atoms with van der Waals surface area (Å²) in [5, 5.41) is 2.78. The molecule has 2 aliphatic rings. The normalized spacial score (nSPS) is 18.0. The molecule has 214 valence electrons. The zero-order chi connectivity index (χ0) is 29.0. The number of carbonyl (C=O) groups is 3. The third kappa shape index (κ3) is 7.95. The van der Waals surface area contributed by atoms with E-state index in [2.05, 4.69) is 17.4 Å². The minimum absolute atomic E-state index is 0.00917. The third-order valence-electron chi connectivity index (χ3n) is 5.82. The molecule has 3 rings (SSSR count). The van der Waals surface area contributed by atoms with Gasteiger partial charge < -0.3 is 14.8 Å². The van der Waals surface area contributed by atoms with E-state index >= 15 is 0 Å². The molecule has 0 aliphatic carbocycles. The van der Waals surface area contributed by atoms with E-state index in [1.54, 1.807) is 20.8 Å². The van der Waals surface area contributed by atoms with Crippen LogP contribution in [-0.4, -0.2) is 67.5 Å². The van der Waals surface area contributed by atoms with Gasteiger partial charge >= 0.3 is 11.9 Å². The highest BCUT2D eigenvalue weighted by Crippen LogP contribution is 2.35. The quantitative estimate of drug-likeness (QED) is 0.322. The summed E-state index contributed by atoms with van der Waals surface area (Å²) in [6.45, 7) is 8.59. The average molecular weight is 605 g/mol. The van der Waals surface area contributed by atoms with E-state index in [1.165, 1.54) is 34.7 Å². The molecule has 1 fully saturated rings. The Bertz CT molecular complexity index is 1270. The molecule has 0 aromatic heterocycles. The molecule has 14 heteroatoms. The lowest BCUT2D eigenvalue weighted by atomic mass is 9.92. The molecule has 1 unspecified atom stereocenters. The Balaban J connectivity index is 1.68. The standard InChI is InChI=1S/C25H31Cl2N3O8S/c1-5-12-36-23(33)18(14-21(31)37-24(2,3)4)28-22(32)19-15-25(38-29-19)8-10-30(11-9-25)39(34,35)20-13-16(26)6-7-17(20)27/h5-7,13,15,18,29H,1,8-12,14H2,2-4H3,(H,28,32). The van der Waals surface area contributed by atoms with Crippen LogP contribution in [0.15, 0.2) is 47.5 Å². The first-order valence-electron chi connectivity index (χ1n) is 12.1. The number of benzene rings is 1. The van der Waals surface area contributed by atoms with Crippen molar-refractivity contribution < 1.29 is 37.1 Å². The number of amides is 1. The molecule has 2 heterocycles. The van der Waals surface area contributed by atoms with Crippen LogP contribution in [0.3, 0.4) is 0 Å². The summed E-state index contributed by atoms with van der Waals surface area (Å²) in [5.41, 5.74) is 0.823. The molecule has 0 bridgehead atoms. The summed E-state index contributed by atoms with van der Waals surface area (Å²) in [6.07, 6.45) is 2.92. The summed E-state index contributed by atoms with van der Waals surface area (Å²) in [5.74, 6) is -2.24. The predicted octanol–water partition coefficient (Wildman–Crippen LogP) is 2.88. The van der Waals surface area contributed by atoms with E-state index in [9.17, 15) is 22.8 Å². The molecular formula is C25H31Cl2N3O8S. The lowest BCUT2D eigenvalue weighted by Crippen LogP contribution is -2.46. The van der Waals surface area contributed by atoms with Crippen molar-refractivity contribution in [3.05, 3.63) is 52.7 Å². The van der Waals surface area contributed by atoms with E-state index in [1.807, 2.05) is 0 Å². The first-order valence-corrected chi connectivity index (χ1v) is 14.3. The lowest BCUT2D eigenvalue weighted by Gasteiger charge is -2.36. The first kappa shape index (κ1) is 30.9. The van der Waals surface area contributed by atoms with E-state index < -0.39 is 51.5 Å². The fourth-order valence-corrected chi connectivity index (χ4v) is 6.16. The van der Waals surface area contributed by atoms with Crippen LogP contribution >= 0.6 is 23.2 Å². The molecule has 1 spiro atoms. The Kier molecular flexibility index (Phi) is 9.71. The van der Waals surface area contributed by atoms with Crippen molar-refractivity contribution in [3.63, 3.8) is 0 Å². The van der Waals surface area contributed by atoms with Crippen LogP contribution in [0.5, 0.6) is 0 Å². The number of nitrogens with zero attached hydrogens (tertiary/aromatic N) is 1. The van der Waals surface area contributed by atoms with E-state index in [0.29, 0.717) is 0 Å². The molecule has 1 atom stereocenters. The highest BCUT2D eigenvalue weighted by Gasteiger charge is 2.43. The number of hydroxylamine groups is 1. The van der Waals surface area contributed by atoms with Gasteiger partial charge in [-0.1, -0.05) is 35.9 Å². The van der Waals surface area contributed by atoms with E-state index in [0.717, 1.165) is 0 Å². The molecule has 2 N–H and O–H groups in total. The average Bonchev–Trinajstić information content (AvgIpc) is 3.26. The van der Waals surface area contributed by atoms with Gasteiger partial charge in [0.25, 0.3) is 5.91 Å². The van der Waals surface area contributed by atoms with Gasteiger partial charge in [-0.3, -0.25) is 19.9 Å². The van der Waals surface area contributed by atoms with Crippen LogP contribution in [-0.2, 0) is 38.7 Å². The van der Waals surface area contributed by atoms with Gasteiger partial charge in [-0.2, -0.15) is 4.31 Å². The van der Waals surface area contributed by atoms with Crippen molar-refractivity contribution in [3.8, 4) is 0 Å². The fraction of sp³-hybridized carbons (Fsp3) is 0.480. The van der Waals surface area contributed by atoms with Crippen LogP contribution in [0.2, 0.25) is 10.0 Å². The number of esters is 2.